The molecule has 54 valence electrons. The Labute approximate surface area is 81.2 Å². The zero-order valence-corrected chi connectivity index (χ0v) is 7.59. The minimum absolute atomic E-state index is 0. The molecule has 0 aliphatic rings. The Morgan fingerprint density at radius 3 is 1.91 bits per heavy atom. The van der Waals surface area contributed by atoms with E-state index in [1.165, 1.54) is 5.56 Å². The van der Waals surface area contributed by atoms with Crippen LogP contribution in [0.15, 0.2) is 24.3 Å². The van der Waals surface area contributed by atoms with Gasteiger partial charge in [-0.3, -0.25) is 0 Å². The summed E-state index contributed by atoms with van der Waals surface area (Å²) < 4.78 is 0. The van der Waals surface area contributed by atoms with E-state index in [1.807, 2.05) is 0 Å². The second-order valence-electron chi connectivity index (χ2n) is 2.90. The number of hydrogen-bond acceptors (Lipinski definition) is 0. The fraction of sp³-hybridized carbons (Fsp3) is 0.300. The van der Waals surface area contributed by atoms with Crippen LogP contribution in [-0.4, -0.2) is 0 Å². The van der Waals surface area contributed by atoms with Gasteiger partial charge in [-0.1, -0.05) is 19.4 Å². The van der Waals surface area contributed by atoms with Gasteiger partial charge in [-0.15, -0.1) is 12.1 Å². The first kappa shape index (κ1) is 10.7. The predicted octanol–water partition coefficient (Wildman–Crippen LogP) is -0.00381. The molecule has 0 aliphatic heterocycles. The zero-order valence-electron chi connectivity index (χ0n) is 7.59. The summed E-state index contributed by atoms with van der Waals surface area (Å²) in [6, 6.07) is 8.37. The summed E-state index contributed by atoms with van der Waals surface area (Å²) in [6.07, 6.45) is 0. The number of rotatable bonds is 1. The smallest absolute Gasteiger partial charge is 0.199 e. The van der Waals surface area contributed by atoms with Crippen molar-refractivity contribution in [3.8, 4) is 0 Å². The minimum atomic E-state index is 0. The Bertz CT molecular complexity index is 199. The molecule has 0 bridgehead atoms. The molecular formula is C10H13Li. The summed E-state index contributed by atoms with van der Waals surface area (Å²) in [5, 5.41) is 0. The SMILES string of the molecule is [CH2-]c1ccc(C(C)C)cc1.[Li+]. The van der Waals surface area contributed by atoms with Crippen LogP contribution < -0.4 is 18.9 Å². The van der Waals surface area contributed by atoms with E-state index >= 15 is 0 Å². The van der Waals surface area contributed by atoms with Crippen molar-refractivity contribution >= 4 is 0 Å². The van der Waals surface area contributed by atoms with Gasteiger partial charge >= 0.3 is 18.9 Å². The Hall–Kier alpha value is -0.313. The van der Waals surface area contributed by atoms with Crippen LogP contribution in [0, 0.1) is 6.92 Å². The van der Waals surface area contributed by atoms with Crippen molar-refractivity contribution in [1.29, 1.82) is 0 Å². The van der Waals surface area contributed by atoms with Crippen LogP contribution in [0.2, 0.25) is 0 Å². The van der Waals surface area contributed by atoms with Gasteiger partial charge in [0.1, 0.15) is 0 Å². The van der Waals surface area contributed by atoms with Crippen LogP contribution in [0.5, 0.6) is 0 Å². The van der Waals surface area contributed by atoms with Crippen LogP contribution in [0.4, 0.5) is 0 Å². The minimum Gasteiger partial charge on any atom is -0.199 e. The molecule has 1 aromatic carbocycles. The molecule has 0 amide bonds. The summed E-state index contributed by atoms with van der Waals surface area (Å²) in [5.74, 6) is 0.626. The Kier molecular flexibility index (Phi) is 4.41. The van der Waals surface area contributed by atoms with E-state index in [1.54, 1.807) is 0 Å². The molecule has 0 aliphatic carbocycles. The van der Waals surface area contributed by atoms with Gasteiger partial charge in [-0.2, -0.15) is 24.6 Å². The van der Waals surface area contributed by atoms with Gasteiger partial charge in [0.05, 0.1) is 0 Å². The van der Waals surface area contributed by atoms with Crippen LogP contribution in [0.25, 0.3) is 0 Å². The third kappa shape index (κ3) is 3.06. The fourth-order valence-electron chi connectivity index (χ4n) is 0.903. The first-order chi connectivity index (χ1) is 4.70. The van der Waals surface area contributed by atoms with Crippen molar-refractivity contribution in [3.05, 3.63) is 42.3 Å². The van der Waals surface area contributed by atoms with E-state index in [4.69, 9.17) is 0 Å². The van der Waals surface area contributed by atoms with E-state index in [0.29, 0.717) is 5.92 Å². The zero-order chi connectivity index (χ0) is 7.56. The summed E-state index contributed by atoms with van der Waals surface area (Å²) in [7, 11) is 0. The maximum Gasteiger partial charge on any atom is 1.00 e. The molecule has 0 spiro atoms. The normalized spacial score (nSPS) is 9.36. The molecule has 0 unspecified atom stereocenters. The first-order valence-corrected chi connectivity index (χ1v) is 3.62. The van der Waals surface area contributed by atoms with Gasteiger partial charge < -0.3 is 0 Å². The molecule has 0 saturated carbocycles. The molecular weight excluding hydrogens is 127 g/mol. The summed E-state index contributed by atoms with van der Waals surface area (Å²) in [5.41, 5.74) is 2.47. The number of benzene rings is 1. The van der Waals surface area contributed by atoms with Crippen LogP contribution >= 0.6 is 0 Å². The van der Waals surface area contributed by atoms with Gasteiger partial charge in [0.15, 0.2) is 0 Å². The van der Waals surface area contributed by atoms with Gasteiger partial charge in [-0.05, 0) is 5.92 Å². The van der Waals surface area contributed by atoms with E-state index in [-0.39, 0.29) is 18.9 Å². The summed E-state index contributed by atoms with van der Waals surface area (Å²) in [4.78, 5) is 0. The average Bonchev–Trinajstić information content (AvgIpc) is 1.88. The third-order valence-electron chi connectivity index (χ3n) is 1.65. The molecule has 0 aromatic heterocycles. The van der Waals surface area contributed by atoms with Crippen LogP contribution in [0.3, 0.4) is 0 Å². The van der Waals surface area contributed by atoms with Crippen LogP contribution in [0.1, 0.15) is 30.9 Å². The standard InChI is InChI=1S/C10H13.Li/c1-8(2)10-6-4-9(3)5-7-10;/h4-8H,3H2,1-2H3;/q-1;+1. The van der Waals surface area contributed by atoms with Gasteiger partial charge in [0.2, 0.25) is 0 Å². The van der Waals surface area contributed by atoms with E-state index in [2.05, 4.69) is 45.0 Å². The van der Waals surface area contributed by atoms with Crippen molar-refractivity contribution in [1.82, 2.24) is 0 Å². The van der Waals surface area contributed by atoms with Gasteiger partial charge in [0, 0.05) is 0 Å². The van der Waals surface area contributed by atoms with Crippen molar-refractivity contribution in [2.45, 2.75) is 19.8 Å². The molecule has 0 heterocycles. The monoisotopic (exact) mass is 140 g/mol. The van der Waals surface area contributed by atoms with E-state index in [9.17, 15) is 0 Å². The third-order valence-corrected chi connectivity index (χ3v) is 1.65. The molecule has 0 radical (unpaired) electrons. The van der Waals surface area contributed by atoms with Crippen molar-refractivity contribution in [3.63, 3.8) is 0 Å². The Balaban J connectivity index is 0.000001000. The van der Waals surface area contributed by atoms with E-state index < -0.39 is 0 Å². The molecule has 0 N–H and O–H groups in total. The molecule has 0 atom stereocenters. The Morgan fingerprint density at radius 2 is 1.55 bits per heavy atom. The molecule has 0 nitrogen and oxygen atoms in total. The van der Waals surface area contributed by atoms with Gasteiger partial charge in [0.25, 0.3) is 0 Å². The average molecular weight is 140 g/mol. The summed E-state index contributed by atoms with van der Waals surface area (Å²) in [6.45, 7) is 8.21. The number of hydrogen-bond donors (Lipinski definition) is 0. The van der Waals surface area contributed by atoms with Crippen molar-refractivity contribution in [2.24, 2.45) is 0 Å². The largest absolute Gasteiger partial charge is 1.00 e. The molecule has 0 fully saturated rings. The van der Waals surface area contributed by atoms with Crippen LogP contribution in [-0.2, 0) is 0 Å². The second kappa shape index (κ2) is 4.54. The summed E-state index contributed by atoms with van der Waals surface area (Å²) >= 11 is 0. The quantitative estimate of drug-likeness (QED) is 0.380. The molecule has 1 aromatic rings. The second-order valence-corrected chi connectivity index (χ2v) is 2.90. The predicted molar refractivity (Wildman–Crippen MR) is 45.0 cm³/mol. The fourth-order valence-corrected chi connectivity index (χ4v) is 0.903. The maximum atomic E-state index is 3.82. The molecule has 11 heavy (non-hydrogen) atoms. The van der Waals surface area contributed by atoms with Gasteiger partial charge in [-0.25, -0.2) is 0 Å². The molecule has 0 saturated heterocycles. The molecule has 1 rings (SSSR count). The van der Waals surface area contributed by atoms with Crippen molar-refractivity contribution < 1.29 is 18.9 Å². The molecule has 1 heteroatoms. The van der Waals surface area contributed by atoms with Crippen molar-refractivity contribution in [2.75, 3.05) is 0 Å². The van der Waals surface area contributed by atoms with E-state index in [0.717, 1.165) is 5.56 Å². The topological polar surface area (TPSA) is 0 Å². The Morgan fingerprint density at radius 1 is 1.09 bits per heavy atom. The first-order valence-electron chi connectivity index (χ1n) is 3.62. The maximum absolute atomic E-state index is 3.82.